The van der Waals surface area contributed by atoms with Crippen LogP contribution in [0.3, 0.4) is 0 Å². The molecule has 4 rings (SSSR count). The average molecular weight is 341 g/mol. The van der Waals surface area contributed by atoms with E-state index in [1.807, 2.05) is 46.6 Å². The summed E-state index contributed by atoms with van der Waals surface area (Å²) in [6.45, 7) is 5.92. The zero-order chi connectivity index (χ0) is 16.4. The molecule has 0 amide bonds. The van der Waals surface area contributed by atoms with E-state index in [0.29, 0.717) is 6.04 Å². The minimum Gasteiger partial charge on any atom is -0.343 e. The van der Waals surface area contributed by atoms with E-state index in [0.717, 1.165) is 42.8 Å². The highest BCUT2D eigenvalue weighted by Crippen LogP contribution is 2.23. The summed E-state index contributed by atoms with van der Waals surface area (Å²) in [6, 6.07) is 10.4. The molecule has 0 spiro atoms. The van der Waals surface area contributed by atoms with Crippen LogP contribution in [0.4, 0.5) is 5.13 Å². The summed E-state index contributed by atoms with van der Waals surface area (Å²) < 4.78 is 1.82. The normalized spacial score (nSPS) is 18.9. The Kier molecular flexibility index (Phi) is 4.22. The molecule has 8 heteroatoms. The first kappa shape index (κ1) is 15.2. The van der Waals surface area contributed by atoms with Crippen LogP contribution in [0.15, 0.2) is 41.9 Å². The van der Waals surface area contributed by atoms with Crippen molar-refractivity contribution in [2.75, 3.05) is 24.5 Å². The predicted molar refractivity (Wildman–Crippen MR) is 93.4 cm³/mol. The quantitative estimate of drug-likeness (QED) is 0.721. The van der Waals surface area contributed by atoms with E-state index in [2.05, 4.69) is 37.2 Å². The van der Waals surface area contributed by atoms with Crippen molar-refractivity contribution in [3.63, 3.8) is 0 Å². The molecular formula is C16H19N7S. The number of nitrogens with zero attached hydrogens (tertiary/aromatic N) is 7. The number of aromatic nitrogens is 5. The standard InChI is InChI=1S/C16H19N7S/c1-13-11-21(8-9-22(13)16-17-7-10-24-16)12-15-18-19-20-23(15)14-5-3-2-4-6-14/h2-7,10,13H,8-9,11-12H2,1H3/t13-/m1/s1. The molecule has 1 aliphatic heterocycles. The molecule has 0 aliphatic carbocycles. The number of anilines is 1. The Morgan fingerprint density at radius 1 is 1.21 bits per heavy atom. The lowest BCUT2D eigenvalue weighted by molar-refractivity contribution is 0.214. The third-order valence-corrected chi connectivity index (χ3v) is 5.09. The molecule has 0 unspecified atom stereocenters. The van der Waals surface area contributed by atoms with Crippen molar-refractivity contribution >= 4 is 16.5 Å². The fourth-order valence-electron chi connectivity index (χ4n) is 3.09. The Morgan fingerprint density at radius 3 is 2.83 bits per heavy atom. The van der Waals surface area contributed by atoms with Gasteiger partial charge in [0.05, 0.1) is 12.2 Å². The number of hydrogen-bond donors (Lipinski definition) is 0. The summed E-state index contributed by atoms with van der Waals surface area (Å²) in [4.78, 5) is 9.21. The maximum Gasteiger partial charge on any atom is 0.185 e. The van der Waals surface area contributed by atoms with Crippen molar-refractivity contribution in [2.45, 2.75) is 19.5 Å². The van der Waals surface area contributed by atoms with Crippen LogP contribution < -0.4 is 4.90 Å². The van der Waals surface area contributed by atoms with Crippen LogP contribution >= 0.6 is 11.3 Å². The summed E-state index contributed by atoms with van der Waals surface area (Å²) in [5.41, 5.74) is 0.993. The Labute approximate surface area is 144 Å². The third-order valence-electron chi connectivity index (χ3n) is 4.28. The molecular weight excluding hydrogens is 322 g/mol. The number of tetrazole rings is 1. The van der Waals surface area contributed by atoms with Gasteiger partial charge in [0.25, 0.3) is 0 Å². The molecule has 124 valence electrons. The molecule has 7 nitrogen and oxygen atoms in total. The topological polar surface area (TPSA) is 63.0 Å². The lowest BCUT2D eigenvalue weighted by atomic mass is 10.2. The zero-order valence-electron chi connectivity index (χ0n) is 13.5. The minimum absolute atomic E-state index is 0.422. The highest BCUT2D eigenvalue weighted by molar-refractivity contribution is 7.13. The maximum atomic E-state index is 4.43. The van der Waals surface area contributed by atoms with Gasteiger partial charge < -0.3 is 4.90 Å². The van der Waals surface area contributed by atoms with E-state index in [4.69, 9.17) is 0 Å². The van der Waals surface area contributed by atoms with Gasteiger partial charge in [0, 0.05) is 37.3 Å². The van der Waals surface area contributed by atoms with E-state index in [-0.39, 0.29) is 0 Å². The Balaban J connectivity index is 1.45. The van der Waals surface area contributed by atoms with E-state index in [1.54, 1.807) is 11.3 Å². The van der Waals surface area contributed by atoms with Crippen LogP contribution in [0.2, 0.25) is 0 Å². The van der Waals surface area contributed by atoms with Crippen LogP contribution in [-0.2, 0) is 6.54 Å². The summed E-state index contributed by atoms with van der Waals surface area (Å²) >= 11 is 1.70. The molecule has 0 bridgehead atoms. The van der Waals surface area contributed by atoms with Crippen LogP contribution in [0.5, 0.6) is 0 Å². The minimum atomic E-state index is 0.422. The molecule has 0 radical (unpaired) electrons. The molecule has 3 aromatic rings. The van der Waals surface area contributed by atoms with E-state index in [9.17, 15) is 0 Å². The van der Waals surface area contributed by atoms with Gasteiger partial charge in [0.2, 0.25) is 0 Å². The largest absolute Gasteiger partial charge is 0.343 e. The van der Waals surface area contributed by atoms with Gasteiger partial charge >= 0.3 is 0 Å². The average Bonchev–Trinajstić information content (AvgIpc) is 3.28. The molecule has 2 aromatic heterocycles. The van der Waals surface area contributed by atoms with Gasteiger partial charge in [-0.15, -0.1) is 16.4 Å². The van der Waals surface area contributed by atoms with Crippen LogP contribution in [-0.4, -0.2) is 55.8 Å². The second-order valence-corrected chi connectivity index (χ2v) is 6.81. The molecule has 0 saturated carbocycles. The SMILES string of the molecule is C[C@@H]1CN(Cc2nnnn2-c2ccccc2)CCN1c1nccs1. The molecule has 1 aromatic carbocycles. The zero-order valence-corrected chi connectivity index (χ0v) is 14.3. The maximum absolute atomic E-state index is 4.43. The molecule has 0 N–H and O–H groups in total. The number of benzene rings is 1. The molecule has 1 fully saturated rings. The van der Waals surface area contributed by atoms with Gasteiger partial charge in [-0.2, -0.15) is 4.68 Å². The molecule has 1 aliphatic rings. The van der Waals surface area contributed by atoms with Crippen molar-refractivity contribution in [1.29, 1.82) is 0 Å². The van der Waals surface area contributed by atoms with Crippen molar-refractivity contribution in [1.82, 2.24) is 30.1 Å². The molecule has 24 heavy (non-hydrogen) atoms. The Hall–Kier alpha value is -2.32. The van der Waals surface area contributed by atoms with Crippen molar-refractivity contribution in [3.05, 3.63) is 47.7 Å². The second-order valence-electron chi connectivity index (χ2n) is 5.93. The summed E-state index contributed by atoms with van der Waals surface area (Å²) in [6.07, 6.45) is 1.87. The van der Waals surface area contributed by atoms with Gasteiger partial charge in [0.15, 0.2) is 11.0 Å². The molecule has 1 atom stereocenters. The lowest BCUT2D eigenvalue weighted by Crippen LogP contribution is -2.51. The summed E-state index contributed by atoms with van der Waals surface area (Å²) in [7, 11) is 0. The van der Waals surface area contributed by atoms with Crippen LogP contribution in [0, 0.1) is 0 Å². The third kappa shape index (κ3) is 3.02. The van der Waals surface area contributed by atoms with Crippen molar-refractivity contribution in [3.8, 4) is 5.69 Å². The van der Waals surface area contributed by atoms with Gasteiger partial charge in [-0.1, -0.05) is 18.2 Å². The van der Waals surface area contributed by atoms with E-state index < -0.39 is 0 Å². The number of piperazine rings is 1. The van der Waals surface area contributed by atoms with Crippen molar-refractivity contribution in [2.24, 2.45) is 0 Å². The highest BCUT2D eigenvalue weighted by atomic mass is 32.1. The number of thiazole rings is 1. The predicted octanol–water partition coefficient (Wildman–Crippen LogP) is 1.83. The summed E-state index contributed by atoms with van der Waals surface area (Å²) in [5.74, 6) is 0.871. The smallest absolute Gasteiger partial charge is 0.185 e. The van der Waals surface area contributed by atoms with Gasteiger partial charge in [-0.25, -0.2) is 4.98 Å². The number of para-hydroxylation sites is 1. The van der Waals surface area contributed by atoms with Gasteiger partial charge in [-0.3, -0.25) is 4.90 Å². The Morgan fingerprint density at radius 2 is 2.08 bits per heavy atom. The molecule has 1 saturated heterocycles. The first-order valence-electron chi connectivity index (χ1n) is 8.02. The fourth-order valence-corrected chi connectivity index (χ4v) is 3.86. The monoisotopic (exact) mass is 341 g/mol. The van der Waals surface area contributed by atoms with Gasteiger partial charge in [0.1, 0.15) is 0 Å². The first-order chi connectivity index (χ1) is 11.8. The fraction of sp³-hybridized carbons (Fsp3) is 0.375. The lowest BCUT2D eigenvalue weighted by Gasteiger charge is -2.39. The van der Waals surface area contributed by atoms with Crippen LogP contribution in [0.25, 0.3) is 5.69 Å². The second kappa shape index (κ2) is 6.66. The first-order valence-corrected chi connectivity index (χ1v) is 8.90. The van der Waals surface area contributed by atoms with Crippen LogP contribution in [0.1, 0.15) is 12.7 Å². The molecule has 3 heterocycles. The van der Waals surface area contributed by atoms with Gasteiger partial charge in [-0.05, 0) is 29.5 Å². The van der Waals surface area contributed by atoms with Crippen molar-refractivity contribution < 1.29 is 0 Å². The van der Waals surface area contributed by atoms with E-state index >= 15 is 0 Å². The Bertz CT molecular complexity index is 771. The summed E-state index contributed by atoms with van der Waals surface area (Å²) in [5, 5.41) is 15.3. The number of hydrogen-bond acceptors (Lipinski definition) is 7. The number of rotatable bonds is 4. The van der Waals surface area contributed by atoms with E-state index in [1.165, 1.54) is 0 Å². The highest BCUT2D eigenvalue weighted by Gasteiger charge is 2.26.